The minimum absolute atomic E-state index is 0.0464. The summed E-state index contributed by atoms with van der Waals surface area (Å²) in [7, 11) is 0. The van der Waals surface area contributed by atoms with Gasteiger partial charge in [-0.3, -0.25) is 4.79 Å². The number of hydrogen-bond donors (Lipinski definition) is 2. The van der Waals surface area contributed by atoms with E-state index in [9.17, 15) is 4.79 Å². The molecule has 1 fully saturated rings. The van der Waals surface area contributed by atoms with Crippen molar-refractivity contribution in [3.63, 3.8) is 0 Å². The molecule has 1 amide bonds. The lowest BCUT2D eigenvalue weighted by molar-refractivity contribution is 0.0919. The molecule has 0 spiro atoms. The van der Waals surface area contributed by atoms with E-state index in [4.69, 9.17) is 0 Å². The van der Waals surface area contributed by atoms with Crippen LogP contribution < -0.4 is 5.32 Å². The maximum Gasteiger partial charge on any atom is 0.251 e. The van der Waals surface area contributed by atoms with Crippen LogP contribution in [0.5, 0.6) is 0 Å². The molecule has 1 saturated carbocycles. The van der Waals surface area contributed by atoms with Gasteiger partial charge >= 0.3 is 0 Å². The maximum absolute atomic E-state index is 12.1. The van der Waals surface area contributed by atoms with Crippen molar-refractivity contribution < 1.29 is 4.79 Å². The normalized spacial score (nSPS) is 23.7. The molecule has 1 aromatic carbocycles. The Hall–Kier alpha value is -0.960. The number of hydrogen-bond acceptors (Lipinski definition) is 2. The molecule has 0 saturated heterocycles. The zero-order chi connectivity index (χ0) is 13.0. The average Bonchev–Trinajstić information content (AvgIpc) is 2.39. The van der Waals surface area contributed by atoms with Crippen molar-refractivity contribution in [1.29, 1.82) is 0 Å². The number of carbonyl (C=O) groups is 1. The van der Waals surface area contributed by atoms with E-state index in [1.165, 1.54) is 19.3 Å². The van der Waals surface area contributed by atoms with E-state index in [1.807, 2.05) is 24.3 Å². The van der Waals surface area contributed by atoms with Crippen molar-refractivity contribution in [2.75, 3.05) is 0 Å². The molecule has 2 nitrogen and oxygen atoms in total. The van der Waals surface area contributed by atoms with Gasteiger partial charge in [0.15, 0.2) is 0 Å². The van der Waals surface area contributed by atoms with Crippen LogP contribution >= 0.6 is 12.6 Å². The molecule has 0 heterocycles. The van der Waals surface area contributed by atoms with Crippen molar-refractivity contribution in [3.8, 4) is 0 Å². The van der Waals surface area contributed by atoms with Gasteiger partial charge in [-0.2, -0.15) is 0 Å². The monoisotopic (exact) mass is 263 g/mol. The highest BCUT2D eigenvalue weighted by atomic mass is 32.1. The third-order valence-corrected chi connectivity index (χ3v) is 4.12. The fraction of sp³-hybridized carbons (Fsp3) is 0.533. The summed E-state index contributed by atoms with van der Waals surface area (Å²) in [6.45, 7) is 2.24. The molecule has 0 bridgehead atoms. The van der Waals surface area contributed by atoms with E-state index in [1.54, 1.807) is 0 Å². The van der Waals surface area contributed by atoms with E-state index in [-0.39, 0.29) is 5.91 Å². The predicted octanol–water partition coefficient (Wildman–Crippen LogP) is 3.67. The fourth-order valence-corrected chi connectivity index (χ4v) is 2.82. The summed E-state index contributed by atoms with van der Waals surface area (Å²) in [5.41, 5.74) is 0.728. The van der Waals surface area contributed by atoms with Crippen LogP contribution in [-0.2, 0) is 0 Å². The first-order valence-corrected chi connectivity index (χ1v) is 7.23. The topological polar surface area (TPSA) is 29.1 Å². The Morgan fingerprint density at radius 2 is 2.06 bits per heavy atom. The molecule has 2 rings (SSSR count). The molecule has 2 atom stereocenters. The Morgan fingerprint density at radius 3 is 2.72 bits per heavy atom. The van der Waals surface area contributed by atoms with Crippen LogP contribution in [-0.4, -0.2) is 11.9 Å². The first-order chi connectivity index (χ1) is 8.69. The maximum atomic E-state index is 12.1. The van der Waals surface area contributed by atoms with Gasteiger partial charge in [0.1, 0.15) is 0 Å². The summed E-state index contributed by atoms with van der Waals surface area (Å²) in [6.07, 6.45) is 6.02. The molecule has 1 aromatic rings. The van der Waals surface area contributed by atoms with E-state index >= 15 is 0 Å². The molecule has 0 aromatic heterocycles. The van der Waals surface area contributed by atoms with Crippen molar-refractivity contribution in [2.45, 2.75) is 50.0 Å². The van der Waals surface area contributed by atoms with Gasteiger partial charge in [-0.1, -0.05) is 26.2 Å². The Labute approximate surface area is 115 Å². The second-order valence-electron chi connectivity index (χ2n) is 5.16. The van der Waals surface area contributed by atoms with Gasteiger partial charge in [-0.05, 0) is 43.0 Å². The summed E-state index contributed by atoms with van der Waals surface area (Å²) in [5.74, 6) is 0.828. The van der Waals surface area contributed by atoms with Gasteiger partial charge in [0, 0.05) is 16.5 Å². The Balaban J connectivity index is 1.92. The van der Waals surface area contributed by atoms with Gasteiger partial charge in [0.05, 0.1) is 0 Å². The van der Waals surface area contributed by atoms with Crippen molar-refractivity contribution >= 4 is 18.5 Å². The van der Waals surface area contributed by atoms with Gasteiger partial charge in [0.25, 0.3) is 5.91 Å². The van der Waals surface area contributed by atoms with Gasteiger partial charge in [0.2, 0.25) is 0 Å². The Bertz CT molecular complexity index is 401. The number of benzene rings is 1. The minimum Gasteiger partial charge on any atom is -0.349 e. The molecular formula is C15H21NOS. The van der Waals surface area contributed by atoms with Crippen LogP contribution in [0, 0.1) is 5.92 Å². The highest BCUT2D eigenvalue weighted by molar-refractivity contribution is 7.80. The summed E-state index contributed by atoms with van der Waals surface area (Å²) < 4.78 is 0. The number of nitrogens with one attached hydrogen (secondary N) is 1. The number of rotatable bonds is 3. The Kier molecular flexibility index (Phi) is 4.70. The molecule has 1 aliphatic rings. The highest BCUT2D eigenvalue weighted by Crippen LogP contribution is 2.26. The first kappa shape index (κ1) is 13.5. The molecule has 3 heteroatoms. The van der Waals surface area contributed by atoms with E-state index in [2.05, 4.69) is 24.9 Å². The number of thiol groups is 1. The predicted molar refractivity (Wildman–Crippen MR) is 77.2 cm³/mol. The largest absolute Gasteiger partial charge is 0.349 e. The van der Waals surface area contributed by atoms with E-state index in [0.29, 0.717) is 6.04 Å². The van der Waals surface area contributed by atoms with Crippen molar-refractivity contribution in [1.82, 2.24) is 5.32 Å². The third kappa shape index (κ3) is 3.52. The minimum atomic E-state index is 0.0464. The van der Waals surface area contributed by atoms with Crippen molar-refractivity contribution in [3.05, 3.63) is 29.8 Å². The van der Waals surface area contributed by atoms with Crippen LogP contribution in [0.4, 0.5) is 0 Å². The molecule has 1 aliphatic carbocycles. The molecule has 2 unspecified atom stereocenters. The SMILES string of the molecule is CCC1CCCC(NC(=O)c2ccc(S)cc2)C1. The molecule has 0 aliphatic heterocycles. The van der Waals surface area contributed by atoms with Crippen LogP contribution in [0.3, 0.4) is 0 Å². The lowest BCUT2D eigenvalue weighted by Crippen LogP contribution is -2.38. The Morgan fingerprint density at radius 1 is 1.33 bits per heavy atom. The van der Waals surface area contributed by atoms with Crippen LogP contribution in [0.15, 0.2) is 29.2 Å². The van der Waals surface area contributed by atoms with Crippen LogP contribution in [0.25, 0.3) is 0 Å². The molecule has 0 radical (unpaired) electrons. The number of carbonyl (C=O) groups excluding carboxylic acids is 1. The van der Waals surface area contributed by atoms with Gasteiger partial charge in [-0.25, -0.2) is 0 Å². The van der Waals surface area contributed by atoms with E-state index in [0.717, 1.165) is 29.2 Å². The molecule has 18 heavy (non-hydrogen) atoms. The summed E-state index contributed by atoms with van der Waals surface area (Å²) >= 11 is 4.22. The van der Waals surface area contributed by atoms with Crippen LogP contribution in [0.1, 0.15) is 49.4 Å². The first-order valence-electron chi connectivity index (χ1n) is 6.79. The lowest BCUT2D eigenvalue weighted by Gasteiger charge is -2.29. The standard InChI is InChI=1S/C15H21NOS/c1-2-11-4-3-5-13(10-11)16-15(17)12-6-8-14(18)9-7-12/h6-9,11,13,18H,2-5,10H2,1H3,(H,16,17). The zero-order valence-corrected chi connectivity index (χ0v) is 11.7. The quantitative estimate of drug-likeness (QED) is 0.800. The summed E-state index contributed by atoms with van der Waals surface area (Å²) in [6, 6.07) is 7.73. The summed E-state index contributed by atoms with van der Waals surface area (Å²) in [4.78, 5) is 13.0. The van der Waals surface area contributed by atoms with Gasteiger partial charge < -0.3 is 5.32 Å². The number of amides is 1. The zero-order valence-electron chi connectivity index (χ0n) is 10.9. The molecule has 1 N–H and O–H groups in total. The van der Waals surface area contributed by atoms with Gasteiger partial charge in [-0.15, -0.1) is 12.6 Å². The van der Waals surface area contributed by atoms with Crippen molar-refractivity contribution in [2.24, 2.45) is 5.92 Å². The third-order valence-electron chi connectivity index (χ3n) is 3.82. The van der Waals surface area contributed by atoms with Crippen LogP contribution in [0.2, 0.25) is 0 Å². The second kappa shape index (κ2) is 6.28. The lowest BCUT2D eigenvalue weighted by atomic mass is 9.84. The average molecular weight is 263 g/mol. The second-order valence-corrected chi connectivity index (χ2v) is 5.67. The van der Waals surface area contributed by atoms with E-state index < -0.39 is 0 Å². The smallest absolute Gasteiger partial charge is 0.251 e. The fourth-order valence-electron chi connectivity index (χ4n) is 2.67. The summed E-state index contributed by atoms with van der Waals surface area (Å²) in [5, 5.41) is 3.16. The molecule has 98 valence electrons. The highest BCUT2D eigenvalue weighted by Gasteiger charge is 2.22. The molecular weight excluding hydrogens is 242 g/mol.